The molecule has 1 aromatic carbocycles. The van der Waals surface area contributed by atoms with E-state index in [1.165, 1.54) is 12.1 Å². The predicted molar refractivity (Wildman–Crippen MR) is 112 cm³/mol. The van der Waals surface area contributed by atoms with Crippen LogP contribution in [0.1, 0.15) is 36.2 Å². The Bertz CT molecular complexity index is 1010. The number of ether oxygens (including phenoxy) is 2. The number of carboxylic acid groups (broad SMARTS) is 1. The summed E-state index contributed by atoms with van der Waals surface area (Å²) >= 11 is 0. The van der Waals surface area contributed by atoms with Crippen molar-refractivity contribution in [3.63, 3.8) is 0 Å². The number of hydrogen-bond donors (Lipinski definition) is 1. The minimum Gasteiger partial charge on any atom is -0.484 e. The van der Waals surface area contributed by atoms with Crippen molar-refractivity contribution in [3.05, 3.63) is 53.1 Å². The Balaban J connectivity index is 1.67. The van der Waals surface area contributed by atoms with Gasteiger partial charge in [-0.25, -0.2) is 12.9 Å². The zero-order valence-electron chi connectivity index (χ0n) is 17.3. The lowest BCUT2D eigenvalue weighted by atomic mass is 9.93. The first-order valence-electron chi connectivity index (χ1n) is 10.3. The van der Waals surface area contributed by atoms with Gasteiger partial charge in [-0.1, -0.05) is 6.07 Å². The molecule has 7 nitrogen and oxygen atoms in total. The number of carbonyl (C=O) groups is 1. The number of hydrogen-bond acceptors (Lipinski definition) is 5. The van der Waals surface area contributed by atoms with Gasteiger partial charge in [-0.15, -0.1) is 0 Å². The first-order valence-corrected chi connectivity index (χ1v) is 11.4. The summed E-state index contributed by atoms with van der Waals surface area (Å²) in [6.07, 6.45) is 1.60. The maximum atomic E-state index is 14.0. The van der Waals surface area contributed by atoms with E-state index in [9.17, 15) is 13.4 Å². The van der Waals surface area contributed by atoms with Gasteiger partial charge in [0.15, 0.2) is 0 Å². The Kier molecular flexibility index (Phi) is 6.36. The molecule has 0 bridgehead atoms. The van der Waals surface area contributed by atoms with Crippen LogP contribution in [0, 0.1) is 12.7 Å². The van der Waals surface area contributed by atoms with Gasteiger partial charge < -0.3 is 14.6 Å². The molecule has 1 aromatic heterocycles. The molecule has 9 heteroatoms. The summed E-state index contributed by atoms with van der Waals surface area (Å²) in [5.74, 6) is -0.914. The van der Waals surface area contributed by atoms with Crippen LogP contribution in [0.5, 0.6) is 5.75 Å². The average molecular weight is 449 g/mol. The highest BCUT2D eigenvalue weighted by Gasteiger charge is 2.42. The molecule has 0 saturated carbocycles. The summed E-state index contributed by atoms with van der Waals surface area (Å²) in [6.45, 7) is 3.66. The van der Waals surface area contributed by atoms with Crippen molar-refractivity contribution in [3.8, 4) is 5.75 Å². The lowest BCUT2D eigenvalue weighted by Crippen LogP contribution is -2.49. The monoisotopic (exact) mass is 448 g/mol. The van der Waals surface area contributed by atoms with Crippen molar-refractivity contribution in [2.75, 3.05) is 19.8 Å². The molecule has 1 fully saturated rings. The van der Waals surface area contributed by atoms with Gasteiger partial charge in [0.2, 0.25) is 0 Å². The largest absolute Gasteiger partial charge is 0.484 e. The normalized spacial score (nSPS) is 20.6. The number of halogens is 1. The smallest absolute Gasteiger partial charge is 0.303 e. The molecular formula is C22H25FN2O5S. The zero-order valence-corrected chi connectivity index (χ0v) is 18.1. The fourth-order valence-electron chi connectivity index (χ4n) is 3.92. The summed E-state index contributed by atoms with van der Waals surface area (Å²) in [7, 11) is -1.64. The van der Waals surface area contributed by atoms with Gasteiger partial charge in [0.1, 0.15) is 28.2 Å². The van der Waals surface area contributed by atoms with Crippen molar-refractivity contribution in [1.29, 1.82) is 0 Å². The summed E-state index contributed by atoms with van der Waals surface area (Å²) < 4.78 is 41.1. The number of rotatable bonds is 5. The van der Waals surface area contributed by atoms with Gasteiger partial charge >= 0.3 is 5.97 Å². The summed E-state index contributed by atoms with van der Waals surface area (Å²) in [5, 5.41) is 8.95. The average Bonchev–Trinajstić information content (AvgIpc) is 2.84. The zero-order chi connectivity index (χ0) is 22.0. The molecule has 0 aliphatic carbocycles. The Labute approximate surface area is 182 Å². The fraction of sp³-hybridized carbons (Fsp3) is 0.455. The van der Waals surface area contributed by atoms with Crippen LogP contribution in [0.2, 0.25) is 0 Å². The van der Waals surface area contributed by atoms with E-state index in [1.807, 2.05) is 19.1 Å². The molecule has 2 aliphatic rings. The van der Waals surface area contributed by atoms with Crippen LogP contribution < -0.4 is 4.74 Å². The lowest BCUT2D eigenvalue weighted by molar-refractivity contribution is -0.136. The molecule has 0 amide bonds. The number of fused-ring (bicyclic) bond motifs is 1. The van der Waals surface area contributed by atoms with Crippen LogP contribution in [0.15, 0.2) is 35.2 Å². The highest BCUT2D eigenvalue weighted by Crippen LogP contribution is 2.38. The standard InChI is InChI=1S/C22H25FN2O5S/c1-15-2-4-17(5-7-21(26)27)24-18(15)13-25-14-22(8-10-29-11-9-22)30-19-6-3-16(23)12-20(19)31(25)28/h2-4,6,12H,5,7-11,13-14H2,1H3,(H,26,27). The molecule has 31 heavy (non-hydrogen) atoms. The molecule has 1 spiro atoms. The van der Waals surface area contributed by atoms with Crippen molar-refractivity contribution in [2.24, 2.45) is 0 Å². The molecule has 0 radical (unpaired) electrons. The van der Waals surface area contributed by atoms with E-state index in [0.29, 0.717) is 55.4 Å². The molecule has 4 rings (SSSR count). The second-order valence-corrected chi connectivity index (χ2v) is 9.45. The third kappa shape index (κ3) is 4.94. The molecule has 2 aliphatic heterocycles. The van der Waals surface area contributed by atoms with Crippen molar-refractivity contribution >= 4 is 17.0 Å². The summed E-state index contributed by atoms with van der Waals surface area (Å²) in [4.78, 5) is 15.8. The van der Waals surface area contributed by atoms with E-state index in [2.05, 4.69) is 4.98 Å². The Morgan fingerprint density at radius 3 is 2.81 bits per heavy atom. The van der Waals surface area contributed by atoms with Gasteiger partial charge in [-0.05, 0) is 36.8 Å². The van der Waals surface area contributed by atoms with E-state index in [4.69, 9.17) is 14.6 Å². The second kappa shape index (κ2) is 9.02. The number of nitrogens with zero attached hydrogens (tertiary/aromatic N) is 2. The molecule has 3 heterocycles. The minimum absolute atomic E-state index is 0.00521. The maximum absolute atomic E-state index is 14.0. The van der Waals surface area contributed by atoms with E-state index in [1.54, 1.807) is 10.4 Å². The summed E-state index contributed by atoms with van der Waals surface area (Å²) in [5.41, 5.74) is 1.73. The number of aryl methyl sites for hydroxylation is 2. The number of pyridine rings is 1. The quantitative estimate of drug-likeness (QED) is 0.757. The summed E-state index contributed by atoms with van der Waals surface area (Å²) in [6, 6.07) is 7.83. The Hall–Kier alpha value is -2.36. The molecule has 1 N–H and O–H groups in total. The SMILES string of the molecule is Cc1ccc(CCC(=O)O)nc1CN1CC2(CCOCC2)Oc2ccc(F)cc2S1=O. The topological polar surface area (TPSA) is 89.0 Å². The van der Waals surface area contributed by atoms with Crippen LogP contribution >= 0.6 is 0 Å². The van der Waals surface area contributed by atoms with Gasteiger partial charge in [0.25, 0.3) is 0 Å². The predicted octanol–water partition coefficient (Wildman–Crippen LogP) is 3.01. The first-order chi connectivity index (χ1) is 14.8. The maximum Gasteiger partial charge on any atom is 0.303 e. The van der Waals surface area contributed by atoms with Crippen LogP contribution in [0.25, 0.3) is 0 Å². The van der Waals surface area contributed by atoms with Crippen molar-refractivity contribution < 1.29 is 28.0 Å². The van der Waals surface area contributed by atoms with E-state index in [0.717, 1.165) is 11.3 Å². The Morgan fingerprint density at radius 1 is 1.29 bits per heavy atom. The molecule has 1 saturated heterocycles. The van der Waals surface area contributed by atoms with Crippen molar-refractivity contribution in [2.45, 2.75) is 49.6 Å². The minimum atomic E-state index is -1.64. The molecule has 2 aromatic rings. The van der Waals surface area contributed by atoms with Crippen molar-refractivity contribution in [1.82, 2.24) is 9.29 Å². The highest BCUT2D eigenvalue weighted by atomic mass is 32.2. The van der Waals surface area contributed by atoms with Gasteiger partial charge in [0.05, 0.1) is 43.3 Å². The van der Waals surface area contributed by atoms with Gasteiger partial charge in [0, 0.05) is 25.0 Å². The molecule has 1 atom stereocenters. The van der Waals surface area contributed by atoms with Gasteiger partial charge in [-0.2, -0.15) is 0 Å². The number of carboxylic acids is 1. The molecular weight excluding hydrogens is 423 g/mol. The Morgan fingerprint density at radius 2 is 2.06 bits per heavy atom. The first kappa shape index (κ1) is 21.9. The van der Waals surface area contributed by atoms with Crippen LogP contribution in [-0.4, -0.2) is 49.9 Å². The number of benzene rings is 1. The van der Waals surface area contributed by atoms with Crippen LogP contribution in [-0.2, 0) is 33.5 Å². The fourth-order valence-corrected chi connectivity index (χ4v) is 5.29. The van der Waals surface area contributed by atoms with E-state index in [-0.39, 0.29) is 13.0 Å². The molecule has 1 unspecified atom stereocenters. The third-order valence-corrected chi connectivity index (χ3v) is 7.13. The van der Waals surface area contributed by atoms with Crippen LogP contribution in [0.4, 0.5) is 4.39 Å². The van der Waals surface area contributed by atoms with Gasteiger partial charge in [-0.3, -0.25) is 9.78 Å². The van der Waals surface area contributed by atoms with E-state index >= 15 is 0 Å². The highest BCUT2D eigenvalue weighted by molar-refractivity contribution is 7.82. The third-order valence-electron chi connectivity index (χ3n) is 5.70. The lowest BCUT2D eigenvalue weighted by Gasteiger charge is -2.38. The molecule has 166 valence electrons. The van der Waals surface area contributed by atoms with E-state index < -0.39 is 28.4 Å². The second-order valence-electron chi connectivity index (χ2n) is 8.00. The number of aromatic nitrogens is 1. The number of aliphatic carboxylic acids is 1. The van der Waals surface area contributed by atoms with Crippen LogP contribution in [0.3, 0.4) is 0 Å².